The number of pyridine rings is 1. The predicted octanol–water partition coefficient (Wildman–Crippen LogP) is 1.30. The van der Waals surface area contributed by atoms with Gasteiger partial charge in [-0.05, 0) is 25.0 Å². The van der Waals surface area contributed by atoms with Gasteiger partial charge < -0.3 is 10.4 Å². The van der Waals surface area contributed by atoms with E-state index in [1.807, 2.05) is 6.92 Å². The van der Waals surface area contributed by atoms with Gasteiger partial charge in [0.2, 0.25) is 10.0 Å². The van der Waals surface area contributed by atoms with E-state index in [0.717, 1.165) is 6.42 Å². The zero-order valence-electron chi connectivity index (χ0n) is 12.0. The van der Waals surface area contributed by atoms with Crippen LogP contribution in [0.15, 0.2) is 23.2 Å². The molecule has 0 aliphatic carbocycles. The van der Waals surface area contributed by atoms with Crippen molar-refractivity contribution in [2.45, 2.75) is 31.6 Å². The highest BCUT2D eigenvalue weighted by atomic mass is 32.2. The second kappa shape index (κ2) is 8.18. The number of sulfonamides is 1. The molecule has 0 saturated carbocycles. The zero-order chi connectivity index (χ0) is 15.0. The molecule has 0 unspecified atom stereocenters. The molecule has 114 valence electrons. The molecule has 0 aliphatic heterocycles. The van der Waals surface area contributed by atoms with Crippen LogP contribution in [0.4, 0.5) is 5.82 Å². The molecule has 7 heteroatoms. The van der Waals surface area contributed by atoms with Crippen LogP contribution in [0, 0.1) is 0 Å². The van der Waals surface area contributed by atoms with Gasteiger partial charge in [0.25, 0.3) is 0 Å². The Balaban J connectivity index is 3.06. The average molecular weight is 301 g/mol. The second-order valence-electron chi connectivity index (χ2n) is 4.35. The third-order valence-corrected chi connectivity index (χ3v) is 4.86. The highest BCUT2D eigenvalue weighted by Gasteiger charge is 2.25. The number of nitrogens with one attached hydrogen (secondary N) is 1. The highest BCUT2D eigenvalue weighted by Crippen LogP contribution is 2.22. The lowest BCUT2D eigenvalue weighted by Crippen LogP contribution is -2.33. The minimum absolute atomic E-state index is 0.0278. The van der Waals surface area contributed by atoms with Gasteiger partial charge in [0, 0.05) is 32.4 Å². The molecule has 0 bridgehead atoms. The Morgan fingerprint density at radius 1 is 1.40 bits per heavy atom. The minimum atomic E-state index is -3.59. The molecule has 6 nitrogen and oxygen atoms in total. The Labute approximate surface area is 120 Å². The third-order valence-electron chi connectivity index (χ3n) is 2.85. The molecule has 0 aliphatic rings. The maximum atomic E-state index is 12.6. The molecule has 20 heavy (non-hydrogen) atoms. The standard InChI is InChI=1S/C13H23N3O3S/c1-3-8-14-13-12(7-5-9-15-13)20(18,19)16(4-2)10-6-11-17/h5,7,9,17H,3-4,6,8,10-11H2,1-2H3,(H,14,15). The van der Waals surface area contributed by atoms with E-state index in [1.54, 1.807) is 25.3 Å². The summed E-state index contributed by atoms with van der Waals surface area (Å²) in [6, 6.07) is 3.17. The van der Waals surface area contributed by atoms with E-state index in [4.69, 9.17) is 5.11 Å². The van der Waals surface area contributed by atoms with Crippen LogP contribution in [0.25, 0.3) is 0 Å². The summed E-state index contributed by atoms with van der Waals surface area (Å²) in [5.74, 6) is 0.386. The molecule has 1 aromatic heterocycles. The fraction of sp³-hybridized carbons (Fsp3) is 0.615. The first-order valence-electron chi connectivity index (χ1n) is 6.87. The Morgan fingerprint density at radius 2 is 2.15 bits per heavy atom. The molecular weight excluding hydrogens is 278 g/mol. The van der Waals surface area contributed by atoms with Crippen molar-refractivity contribution in [2.24, 2.45) is 0 Å². The summed E-state index contributed by atoms with van der Waals surface area (Å²) in [7, 11) is -3.59. The van der Waals surface area contributed by atoms with Gasteiger partial charge in [-0.15, -0.1) is 0 Å². The van der Waals surface area contributed by atoms with Crippen LogP contribution < -0.4 is 5.32 Å². The number of aromatic nitrogens is 1. The van der Waals surface area contributed by atoms with E-state index in [-0.39, 0.29) is 11.5 Å². The molecule has 1 aromatic rings. The summed E-state index contributed by atoms with van der Waals surface area (Å²) in [5.41, 5.74) is 0. The molecule has 1 heterocycles. The number of hydrogen-bond donors (Lipinski definition) is 2. The summed E-state index contributed by atoms with van der Waals surface area (Å²) in [4.78, 5) is 4.30. The van der Waals surface area contributed by atoms with Crippen molar-refractivity contribution in [2.75, 3.05) is 31.6 Å². The Kier molecular flexibility index (Phi) is 6.90. The molecule has 1 rings (SSSR count). The predicted molar refractivity (Wildman–Crippen MR) is 79.2 cm³/mol. The van der Waals surface area contributed by atoms with Gasteiger partial charge >= 0.3 is 0 Å². The summed E-state index contributed by atoms with van der Waals surface area (Å²) in [5, 5.41) is 11.9. The third kappa shape index (κ3) is 4.16. The van der Waals surface area contributed by atoms with Crippen molar-refractivity contribution in [3.63, 3.8) is 0 Å². The van der Waals surface area contributed by atoms with Crippen molar-refractivity contribution >= 4 is 15.8 Å². The molecule has 0 fully saturated rings. The van der Waals surface area contributed by atoms with Gasteiger partial charge in [0.15, 0.2) is 0 Å². The highest BCUT2D eigenvalue weighted by molar-refractivity contribution is 7.89. The number of rotatable bonds is 9. The van der Waals surface area contributed by atoms with Crippen molar-refractivity contribution in [1.82, 2.24) is 9.29 Å². The van der Waals surface area contributed by atoms with Gasteiger partial charge in [0.05, 0.1) is 0 Å². The molecule has 0 radical (unpaired) electrons. The normalized spacial score (nSPS) is 11.8. The van der Waals surface area contributed by atoms with Gasteiger partial charge in [-0.2, -0.15) is 4.31 Å². The van der Waals surface area contributed by atoms with Gasteiger partial charge in [-0.1, -0.05) is 13.8 Å². The van der Waals surface area contributed by atoms with E-state index in [1.165, 1.54) is 4.31 Å². The SMILES string of the molecule is CCCNc1ncccc1S(=O)(=O)N(CC)CCCO. The van der Waals surface area contributed by atoms with Crippen LogP contribution in [-0.2, 0) is 10.0 Å². The number of aliphatic hydroxyl groups excluding tert-OH is 1. The minimum Gasteiger partial charge on any atom is -0.396 e. The summed E-state index contributed by atoms with van der Waals surface area (Å²) < 4.78 is 26.6. The molecule has 2 N–H and O–H groups in total. The van der Waals surface area contributed by atoms with Crippen LogP contribution in [0.1, 0.15) is 26.7 Å². The molecular formula is C13H23N3O3S. The van der Waals surface area contributed by atoms with Crippen molar-refractivity contribution in [3.8, 4) is 0 Å². The molecule has 0 atom stereocenters. The lowest BCUT2D eigenvalue weighted by Gasteiger charge is -2.21. The first kappa shape index (κ1) is 16.9. The van der Waals surface area contributed by atoms with Crippen LogP contribution in [0.3, 0.4) is 0 Å². The topological polar surface area (TPSA) is 82.5 Å². The van der Waals surface area contributed by atoms with Crippen LogP contribution in [0.2, 0.25) is 0 Å². The molecule has 0 amide bonds. The van der Waals surface area contributed by atoms with Gasteiger partial charge in [0.1, 0.15) is 10.7 Å². The first-order chi connectivity index (χ1) is 9.57. The van der Waals surface area contributed by atoms with E-state index in [2.05, 4.69) is 10.3 Å². The summed E-state index contributed by atoms with van der Waals surface area (Å²) in [6.07, 6.45) is 2.88. The van der Waals surface area contributed by atoms with Gasteiger partial charge in [-0.3, -0.25) is 0 Å². The van der Waals surface area contributed by atoms with Crippen molar-refractivity contribution in [3.05, 3.63) is 18.3 Å². The van der Waals surface area contributed by atoms with Crippen LogP contribution in [0.5, 0.6) is 0 Å². The maximum Gasteiger partial charge on any atom is 0.246 e. The lowest BCUT2D eigenvalue weighted by atomic mass is 10.4. The number of hydrogen-bond acceptors (Lipinski definition) is 5. The Hall–Kier alpha value is -1.18. The average Bonchev–Trinajstić information content (AvgIpc) is 2.46. The number of aliphatic hydroxyl groups is 1. The van der Waals surface area contributed by atoms with E-state index in [9.17, 15) is 8.42 Å². The fourth-order valence-electron chi connectivity index (χ4n) is 1.81. The fourth-order valence-corrected chi connectivity index (χ4v) is 3.42. The summed E-state index contributed by atoms with van der Waals surface area (Å²) in [6.45, 7) is 5.10. The first-order valence-corrected chi connectivity index (χ1v) is 8.31. The number of nitrogens with zero attached hydrogens (tertiary/aromatic N) is 2. The lowest BCUT2D eigenvalue weighted by molar-refractivity contribution is 0.271. The smallest absolute Gasteiger partial charge is 0.246 e. The summed E-state index contributed by atoms with van der Waals surface area (Å²) >= 11 is 0. The van der Waals surface area contributed by atoms with E-state index < -0.39 is 10.0 Å². The van der Waals surface area contributed by atoms with Crippen molar-refractivity contribution in [1.29, 1.82) is 0 Å². The van der Waals surface area contributed by atoms with Crippen LogP contribution in [-0.4, -0.2) is 49.1 Å². The Morgan fingerprint density at radius 3 is 2.75 bits per heavy atom. The van der Waals surface area contributed by atoms with Crippen LogP contribution >= 0.6 is 0 Å². The van der Waals surface area contributed by atoms with E-state index >= 15 is 0 Å². The van der Waals surface area contributed by atoms with E-state index in [0.29, 0.717) is 31.9 Å². The maximum absolute atomic E-state index is 12.6. The monoisotopic (exact) mass is 301 g/mol. The second-order valence-corrected chi connectivity index (χ2v) is 6.26. The molecule has 0 saturated heterocycles. The Bertz CT molecular complexity index is 505. The molecule has 0 spiro atoms. The zero-order valence-corrected chi connectivity index (χ0v) is 12.9. The number of anilines is 1. The van der Waals surface area contributed by atoms with Gasteiger partial charge in [-0.25, -0.2) is 13.4 Å². The molecule has 0 aromatic carbocycles. The quantitative estimate of drug-likeness (QED) is 0.718. The largest absolute Gasteiger partial charge is 0.396 e. The van der Waals surface area contributed by atoms with Crippen molar-refractivity contribution < 1.29 is 13.5 Å².